The molecule has 1 amide bonds. The molecule has 2 atom stereocenters. The molecule has 8 heteroatoms. The van der Waals surface area contributed by atoms with Gasteiger partial charge in [0, 0.05) is 10.6 Å². The fourth-order valence-corrected chi connectivity index (χ4v) is 3.95. The number of hydrogen-bond acceptors (Lipinski definition) is 6. The molecule has 1 aliphatic rings. The van der Waals surface area contributed by atoms with Crippen molar-refractivity contribution in [2.75, 3.05) is 17.7 Å². The molecular formula is C18H17N5O2S. The molecule has 2 N–H and O–H groups in total. The molecule has 3 aromatic rings. The maximum atomic E-state index is 13.2. The van der Waals surface area contributed by atoms with E-state index in [1.807, 2.05) is 29.6 Å². The molecule has 0 unspecified atom stereocenters. The zero-order chi connectivity index (χ0) is 18.1. The highest BCUT2D eigenvalue weighted by Crippen LogP contribution is 2.39. The van der Waals surface area contributed by atoms with Crippen molar-refractivity contribution in [1.29, 1.82) is 0 Å². The van der Waals surface area contributed by atoms with Gasteiger partial charge >= 0.3 is 0 Å². The summed E-state index contributed by atoms with van der Waals surface area (Å²) in [4.78, 5) is 18.4. The van der Waals surface area contributed by atoms with E-state index < -0.39 is 5.92 Å². The van der Waals surface area contributed by atoms with Crippen LogP contribution in [0.4, 0.5) is 11.6 Å². The number of nitrogens with zero attached hydrogens (tertiary/aromatic N) is 3. The Bertz CT molecular complexity index is 950. The maximum Gasteiger partial charge on any atom is 0.236 e. The number of para-hydroxylation sites is 2. The smallest absolute Gasteiger partial charge is 0.236 e. The number of nitrogens with one attached hydrogen (secondary N) is 2. The van der Waals surface area contributed by atoms with Crippen LogP contribution in [-0.4, -0.2) is 27.8 Å². The van der Waals surface area contributed by atoms with E-state index in [2.05, 4.69) is 27.3 Å². The zero-order valence-corrected chi connectivity index (χ0v) is 14.9. The van der Waals surface area contributed by atoms with Crippen LogP contribution in [0.2, 0.25) is 0 Å². The number of benzene rings is 1. The molecule has 3 heterocycles. The molecule has 26 heavy (non-hydrogen) atoms. The summed E-state index contributed by atoms with van der Waals surface area (Å²) in [6.07, 6.45) is 1.47. The van der Waals surface area contributed by atoms with Crippen molar-refractivity contribution >= 4 is 28.9 Å². The largest absolute Gasteiger partial charge is 0.495 e. The summed E-state index contributed by atoms with van der Waals surface area (Å²) in [7, 11) is 1.57. The first kappa shape index (κ1) is 16.3. The van der Waals surface area contributed by atoms with Gasteiger partial charge in [-0.15, -0.1) is 11.3 Å². The Morgan fingerprint density at radius 2 is 2.19 bits per heavy atom. The van der Waals surface area contributed by atoms with Crippen LogP contribution in [0.25, 0.3) is 0 Å². The second kappa shape index (κ2) is 6.64. The minimum atomic E-state index is -0.548. The Kier molecular flexibility index (Phi) is 4.18. The van der Waals surface area contributed by atoms with Crippen molar-refractivity contribution in [3.63, 3.8) is 0 Å². The highest BCUT2D eigenvalue weighted by molar-refractivity contribution is 7.10. The van der Waals surface area contributed by atoms with Gasteiger partial charge in [0.15, 0.2) is 0 Å². The van der Waals surface area contributed by atoms with Gasteiger partial charge in [-0.25, -0.2) is 4.68 Å². The molecule has 0 aliphatic carbocycles. The SMILES string of the molecule is C=C1Nc2ncnn2[C@H](c2cccs2)[C@H]1C(=O)Nc1ccccc1OC. The van der Waals surface area contributed by atoms with Crippen molar-refractivity contribution in [2.24, 2.45) is 5.92 Å². The van der Waals surface area contributed by atoms with E-state index in [1.54, 1.807) is 35.3 Å². The Morgan fingerprint density at radius 3 is 2.96 bits per heavy atom. The van der Waals surface area contributed by atoms with Crippen molar-refractivity contribution in [3.8, 4) is 5.75 Å². The normalized spacial score (nSPS) is 18.7. The first-order valence-electron chi connectivity index (χ1n) is 8.01. The van der Waals surface area contributed by atoms with Crippen molar-refractivity contribution in [1.82, 2.24) is 14.8 Å². The summed E-state index contributed by atoms with van der Waals surface area (Å²) >= 11 is 1.57. The molecule has 0 saturated carbocycles. The molecule has 0 saturated heterocycles. The van der Waals surface area contributed by atoms with Crippen LogP contribution in [0.15, 0.2) is 60.4 Å². The number of aromatic nitrogens is 3. The predicted octanol–water partition coefficient (Wildman–Crippen LogP) is 3.13. The predicted molar refractivity (Wildman–Crippen MR) is 100 cm³/mol. The highest BCUT2D eigenvalue weighted by Gasteiger charge is 2.40. The lowest BCUT2D eigenvalue weighted by molar-refractivity contribution is -0.119. The Morgan fingerprint density at radius 1 is 1.35 bits per heavy atom. The Labute approximate surface area is 154 Å². The number of anilines is 2. The zero-order valence-electron chi connectivity index (χ0n) is 14.0. The minimum absolute atomic E-state index is 0.188. The van der Waals surface area contributed by atoms with E-state index in [9.17, 15) is 4.79 Å². The van der Waals surface area contributed by atoms with Crippen LogP contribution in [0, 0.1) is 5.92 Å². The summed E-state index contributed by atoms with van der Waals surface area (Å²) in [5.41, 5.74) is 1.19. The van der Waals surface area contributed by atoms with Crippen molar-refractivity contribution in [3.05, 3.63) is 65.3 Å². The number of carbonyl (C=O) groups excluding carboxylic acids is 1. The van der Waals surface area contributed by atoms with E-state index in [1.165, 1.54) is 6.33 Å². The Balaban J connectivity index is 1.71. The van der Waals surface area contributed by atoms with Gasteiger partial charge in [-0.2, -0.15) is 10.1 Å². The molecule has 1 aliphatic heterocycles. The lowest BCUT2D eigenvalue weighted by Gasteiger charge is -2.33. The molecule has 7 nitrogen and oxygen atoms in total. The number of methoxy groups -OCH3 is 1. The average molecular weight is 367 g/mol. The van der Waals surface area contributed by atoms with Crippen LogP contribution in [0.3, 0.4) is 0 Å². The standard InChI is InChI=1S/C18H17N5O2S/c1-11-15(17(24)22-12-6-3-4-7-13(12)25-2)16(14-8-5-9-26-14)23-18(21-11)19-10-20-23/h3-10,15-16H,1H2,2H3,(H,22,24)(H,19,20,21)/t15-,16+/m0/s1. The second-order valence-corrected chi connectivity index (χ2v) is 6.79. The van der Waals surface area contributed by atoms with Gasteiger partial charge in [-0.3, -0.25) is 4.79 Å². The van der Waals surface area contributed by atoms with Crippen molar-refractivity contribution < 1.29 is 9.53 Å². The number of ether oxygens (including phenoxy) is 1. The first-order chi connectivity index (χ1) is 12.7. The van der Waals surface area contributed by atoms with Crippen molar-refractivity contribution in [2.45, 2.75) is 6.04 Å². The fourth-order valence-electron chi connectivity index (χ4n) is 3.10. The average Bonchev–Trinajstić information content (AvgIpc) is 3.32. The van der Waals surface area contributed by atoms with E-state index in [-0.39, 0.29) is 11.9 Å². The lowest BCUT2D eigenvalue weighted by Crippen LogP contribution is -2.39. The number of fused-ring (bicyclic) bond motifs is 1. The third-order valence-electron chi connectivity index (χ3n) is 4.28. The summed E-state index contributed by atoms with van der Waals surface area (Å²) in [5.74, 6) is 0.443. The molecule has 0 fully saturated rings. The minimum Gasteiger partial charge on any atom is -0.495 e. The molecule has 132 valence electrons. The van der Waals surface area contributed by atoms with Gasteiger partial charge in [-0.1, -0.05) is 24.8 Å². The number of amides is 1. The van der Waals surface area contributed by atoms with Crippen LogP contribution >= 0.6 is 11.3 Å². The van der Waals surface area contributed by atoms with Gasteiger partial charge in [0.05, 0.1) is 12.8 Å². The monoisotopic (exact) mass is 367 g/mol. The van der Waals surface area contributed by atoms with Gasteiger partial charge in [-0.05, 0) is 23.6 Å². The third kappa shape index (κ3) is 2.74. The summed E-state index contributed by atoms with van der Waals surface area (Å²) in [6, 6.07) is 10.9. The van der Waals surface area contributed by atoms with Gasteiger partial charge in [0.2, 0.25) is 11.9 Å². The lowest BCUT2D eigenvalue weighted by atomic mass is 9.92. The van der Waals surface area contributed by atoms with Gasteiger partial charge in [0.1, 0.15) is 24.0 Å². The molecule has 2 aromatic heterocycles. The molecule has 1 aromatic carbocycles. The topological polar surface area (TPSA) is 81.1 Å². The van der Waals surface area contributed by atoms with E-state index in [0.717, 1.165) is 4.88 Å². The molecule has 0 radical (unpaired) electrons. The molecule has 0 spiro atoms. The third-order valence-corrected chi connectivity index (χ3v) is 5.23. The summed E-state index contributed by atoms with van der Waals surface area (Å²) in [5, 5.41) is 12.3. The second-order valence-electron chi connectivity index (χ2n) is 5.81. The summed E-state index contributed by atoms with van der Waals surface area (Å²) < 4.78 is 7.05. The quantitative estimate of drug-likeness (QED) is 0.740. The fraction of sp³-hybridized carbons (Fsp3) is 0.167. The van der Waals surface area contributed by atoms with Crippen LogP contribution in [0.1, 0.15) is 10.9 Å². The van der Waals surface area contributed by atoms with Gasteiger partial charge < -0.3 is 15.4 Å². The highest BCUT2D eigenvalue weighted by atomic mass is 32.1. The van der Waals surface area contributed by atoms with E-state index in [0.29, 0.717) is 23.1 Å². The van der Waals surface area contributed by atoms with Gasteiger partial charge in [0.25, 0.3) is 0 Å². The number of hydrogen-bond donors (Lipinski definition) is 2. The van der Waals surface area contributed by atoms with E-state index in [4.69, 9.17) is 4.74 Å². The number of rotatable bonds is 4. The van der Waals surface area contributed by atoms with Crippen LogP contribution < -0.4 is 15.4 Å². The first-order valence-corrected chi connectivity index (χ1v) is 8.89. The molecular weight excluding hydrogens is 350 g/mol. The maximum absolute atomic E-state index is 13.2. The number of carbonyl (C=O) groups is 1. The van der Waals surface area contributed by atoms with E-state index >= 15 is 0 Å². The Hall–Kier alpha value is -3.13. The molecule has 4 rings (SSSR count). The van der Waals surface area contributed by atoms with Crippen LogP contribution in [0.5, 0.6) is 5.75 Å². The number of thiophene rings is 1. The molecule has 0 bridgehead atoms. The van der Waals surface area contributed by atoms with Crippen LogP contribution in [-0.2, 0) is 4.79 Å². The summed E-state index contributed by atoms with van der Waals surface area (Å²) in [6.45, 7) is 4.06.